The first-order valence-electron chi connectivity index (χ1n) is 6.28. The first kappa shape index (κ1) is 14.0. The molecular weight excluding hydrogens is 258 g/mol. The van der Waals surface area contributed by atoms with Crippen molar-refractivity contribution in [2.45, 2.75) is 13.0 Å². The summed E-state index contributed by atoms with van der Waals surface area (Å²) in [5, 5.41) is 2.79. The standard InChI is InChI=1S/C15H17NO4/c1-11(14-4-3-9-19-14)16-15(17)10-20-13-7-5-12(18-2)6-8-13/h3-9,11H,10H2,1-2H3,(H,16,17)/t11-/m1/s1. The number of ether oxygens (including phenoxy) is 2. The lowest BCUT2D eigenvalue weighted by Gasteiger charge is -2.12. The molecule has 0 saturated carbocycles. The third kappa shape index (κ3) is 3.78. The molecule has 1 amide bonds. The summed E-state index contributed by atoms with van der Waals surface area (Å²) in [5.41, 5.74) is 0. The summed E-state index contributed by atoms with van der Waals surface area (Å²) in [6.45, 7) is 1.81. The van der Waals surface area contributed by atoms with Crippen LogP contribution in [0.3, 0.4) is 0 Å². The fourth-order valence-electron chi connectivity index (χ4n) is 1.71. The molecule has 2 rings (SSSR count). The predicted molar refractivity (Wildman–Crippen MR) is 73.8 cm³/mol. The number of amides is 1. The van der Waals surface area contributed by atoms with E-state index >= 15 is 0 Å². The lowest BCUT2D eigenvalue weighted by atomic mass is 10.2. The largest absolute Gasteiger partial charge is 0.497 e. The molecule has 1 atom stereocenters. The van der Waals surface area contributed by atoms with E-state index in [-0.39, 0.29) is 18.6 Å². The topological polar surface area (TPSA) is 60.7 Å². The Kier molecular flexibility index (Phi) is 4.65. The molecule has 0 saturated heterocycles. The van der Waals surface area contributed by atoms with Crippen LogP contribution in [0.5, 0.6) is 11.5 Å². The zero-order valence-corrected chi connectivity index (χ0v) is 11.5. The van der Waals surface area contributed by atoms with Gasteiger partial charge in [-0.3, -0.25) is 4.79 Å². The highest BCUT2D eigenvalue weighted by Crippen LogP contribution is 2.17. The van der Waals surface area contributed by atoms with Crippen LogP contribution in [0, 0.1) is 0 Å². The molecule has 20 heavy (non-hydrogen) atoms. The van der Waals surface area contributed by atoms with Crippen molar-refractivity contribution < 1.29 is 18.7 Å². The first-order valence-corrected chi connectivity index (χ1v) is 6.28. The molecule has 1 N–H and O–H groups in total. The molecule has 1 aromatic heterocycles. The highest BCUT2D eigenvalue weighted by atomic mass is 16.5. The van der Waals surface area contributed by atoms with Crippen LogP contribution in [0.4, 0.5) is 0 Å². The van der Waals surface area contributed by atoms with E-state index in [4.69, 9.17) is 13.9 Å². The van der Waals surface area contributed by atoms with Crippen molar-refractivity contribution in [1.29, 1.82) is 0 Å². The first-order chi connectivity index (χ1) is 9.69. The van der Waals surface area contributed by atoms with Gasteiger partial charge in [0.05, 0.1) is 19.4 Å². The van der Waals surface area contributed by atoms with Crippen LogP contribution in [0.15, 0.2) is 47.1 Å². The number of hydrogen-bond acceptors (Lipinski definition) is 4. The monoisotopic (exact) mass is 275 g/mol. The van der Waals surface area contributed by atoms with E-state index in [1.807, 2.05) is 13.0 Å². The Morgan fingerprint density at radius 1 is 1.25 bits per heavy atom. The van der Waals surface area contributed by atoms with E-state index in [2.05, 4.69) is 5.32 Å². The second-order valence-corrected chi connectivity index (χ2v) is 4.27. The van der Waals surface area contributed by atoms with Gasteiger partial charge in [0.1, 0.15) is 17.3 Å². The fourth-order valence-corrected chi connectivity index (χ4v) is 1.71. The molecule has 1 aromatic carbocycles. The zero-order valence-electron chi connectivity index (χ0n) is 11.5. The quantitative estimate of drug-likeness (QED) is 0.880. The Morgan fingerprint density at radius 3 is 2.55 bits per heavy atom. The highest BCUT2D eigenvalue weighted by molar-refractivity contribution is 5.77. The number of rotatable bonds is 6. The molecule has 5 heteroatoms. The van der Waals surface area contributed by atoms with Crippen LogP contribution >= 0.6 is 0 Å². The van der Waals surface area contributed by atoms with Crippen LogP contribution in [0.2, 0.25) is 0 Å². The number of hydrogen-bond donors (Lipinski definition) is 1. The average molecular weight is 275 g/mol. The molecule has 0 radical (unpaired) electrons. The highest BCUT2D eigenvalue weighted by Gasteiger charge is 2.12. The van der Waals surface area contributed by atoms with Gasteiger partial charge in [-0.05, 0) is 43.3 Å². The van der Waals surface area contributed by atoms with Gasteiger partial charge in [0.2, 0.25) is 0 Å². The molecule has 2 aromatic rings. The molecule has 0 spiro atoms. The van der Waals surface area contributed by atoms with Gasteiger partial charge >= 0.3 is 0 Å². The number of methoxy groups -OCH3 is 1. The van der Waals surface area contributed by atoms with E-state index < -0.39 is 0 Å². The molecule has 0 aliphatic carbocycles. The van der Waals surface area contributed by atoms with Crippen LogP contribution in [0.1, 0.15) is 18.7 Å². The van der Waals surface area contributed by atoms with Gasteiger partial charge < -0.3 is 19.2 Å². The molecule has 0 aliphatic heterocycles. The van der Waals surface area contributed by atoms with Crippen molar-refractivity contribution in [3.8, 4) is 11.5 Å². The molecule has 5 nitrogen and oxygen atoms in total. The summed E-state index contributed by atoms with van der Waals surface area (Å²) >= 11 is 0. The van der Waals surface area contributed by atoms with Crippen molar-refractivity contribution in [2.75, 3.05) is 13.7 Å². The van der Waals surface area contributed by atoms with Crippen molar-refractivity contribution in [2.24, 2.45) is 0 Å². The number of furan rings is 1. The summed E-state index contributed by atoms with van der Waals surface area (Å²) in [5.74, 6) is 1.87. The van der Waals surface area contributed by atoms with Gasteiger partial charge in [0.25, 0.3) is 5.91 Å². The fraction of sp³-hybridized carbons (Fsp3) is 0.267. The summed E-state index contributed by atoms with van der Waals surface area (Å²) in [6, 6.07) is 10.5. The van der Waals surface area contributed by atoms with E-state index in [9.17, 15) is 4.79 Å². The number of benzene rings is 1. The maximum absolute atomic E-state index is 11.7. The lowest BCUT2D eigenvalue weighted by molar-refractivity contribution is -0.123. The molecule has 1 heterocycles. The number of nitrogens with one attached hydrogen (secondary N) is 1. The molecule has 106 valence electrons. The molecular formula is C15H17NO4. The second-order valence-electron chi connectivity index (χ2n) is 4.27. The Balaban J connectivity index is 1.79. The summed E-state index contributed by atoms with van der Waals surface area (Å²) in [6.07, 6.45) is 1.58. The Bertz CT molecular complexity index is 534. The van der Waals surface area contributed by atoms with Crippen LogP contribution in [-0.2, 0) is 4.79 Å². The lowest BCUT2D eigenvalue weighted by Crippen LogP contribution is -2.31. The normalized spacial score (nSPS) is 11.7. The third-order valence-corrected chi connectivity index (χ3v) is 2.78. The number of carbonyl (C=O) groups is 1. The van der Waals surface area contributed by atoms with Crippen molar-refractivity contribution in [3.63, 3.8) is 0 Å². The van der Waals surface area contributed by atoms with Crippen molar-refractivity contribution in [1.82, 2.24) is 5.32 Å². The zero-order chi connectivity index (χ0) is 14.4. The van der Waals surface area contributed by atoms with Crippen LogP contribution < -0.4 is 14.8 Å². The van der Waals surface area contributed by atoms with Gasteiger partial charge in [0, 0.05) is 0 Å². The van der Waals surface area contributed by atoms with Gasteiger partial charge in [-0.1, -0.05) is 0 Å². The minimum Gasteiger partial charge on any atom is -0.497 e. The van der Waals surface area contributed by atoms with E-state index in [1.165, 1.54) is 0 Å². The molecule has 0 fully saturated rings. The smallest absolute Gasteiger partial charge is 0.258 e. The second kappa shape index (κ2) is 6.65. The maximum atomic E-state index is 11.7. The van der Waals surface area contributed by atoms with Gasteiger partial charge in [-0.25, -0.2) is 0 Å². The Labute approximate surface area is 117 Å². The summed E-state index contributed by atoms with van der Waals surface area (Å²) < 4.78 is 15.6. The van der Waals surface area contributed by atoms with Gasteiger partial charge in [-0.2, -0.15) is 0 Å². The van der Waals surface area contributed by atoms with Crippen molar-refractivity contribution >= 4 is 5.91 Å². The SMILES string of the molecule is COc1ccc(OCC(=O)N[C@H](C)c2ccco2)cc1. The maximum Gasteiger partial charge on any atom is 0.258 e. The van der Waals surface area contributed by atoms with E-state index in [0.717, 1.165) is 5.75 Å². The van der Waals surface area contributed by atoms with Crippen LogP contribution in [0.25, 0.3) is 0 Å². The minimum atomic E-state index is -0.204. The summed E-state index contributed by atoms with van der Waals surface area (Å²) in [7, 11) is 1.60. The number of carbonyl (C=O) groups excluding carboxylic acids is 1. The van der Waals surface area contributed by atoms with Gasteiger partial charge in [-0.15, -0.1) is 0 Å². The molecule has 0 bridgehead atoms. The van der Waals surface area contributed by atoms with Crippen molar-refractivity contribution in [3.05, 3.63) is 48.4 Å². The van der Waals surface area contributed by atoms with Gasteiger partial charge in [0.15, 0.2) is 6.61 Å². The predicted octanol–water partition coefficient (Wildman–Crippen LogP) is 2.54. The van der Waals surface area contributed by atoms with Crippen LogP contribution in [-0.4, -0.2) is 19.6 Å². The average Bonchev–Trinajstić information content (AvgIpc) is 3.00. The summed E-state index contributed by atoms with van der Waals surface area (Å²) in [4.78, 5) is 11.7. The van der Waals surface area contributed by atoms with E-state index in [0.29, 0.717) is 11.5 Å². The van der Waals surface area contributed by atoms with E-state index in [1.54, 1.807) is 43.7 Å². The molecule has 0 aliphatic rings. The molecule has 0 unspecified atom stereocenters. The Morgan fingerprint density at radius 2 is 1.95 bits per heavy atom. The third-order valence-electron chi connectivity index (χ3n) is 2.78. The minimum absolute atomic E-state index is 0.0443. The Hall–Kier alpha value is -2.43.